The molecule has 2 heterocycles. The minimum atomic E-state index is -0.387. The van der Waals surface area contributed by atoms with E-state index in [9.17, 15) is 9.18 Å². The maximum absolute atomic E-state index is 13.2. The number of nitrogens with zero attached hydrogens (tertiary/aromatic N) is 2. The van der Waals surface area contributed by atoms with Gasteiger partial charge in [0.2, 0.25) is 5.91 Å². The summed E-state index contributed by atoms with van der Waals surface area (Å²) in [6.07, 6.45) is 0.283. The fourth-order valence-electron chi connectivity index (χ4n) is 2.76. The Balaban J connectivity index is 2.18. The van der Waals surface area contributed by atoms with E-state index in [0.29, 0.717) is 10.8 Å². The van der Waals surface area contributed by atoms with Crippen LogP contribution in [-0.4, -0.2) is 15.7 Å². The van der Waals surface area contributed by atoms with Crippen LogP contribution in [0, 0.1) is 12.7 Å². The molecule has 1 aliphatic heterocycles. The molecule has 1 N–H and O–H groups in total. The molecular formula is C14H13ClFN3O. The lowest BCUT2D eigenvalue weighted by Crippen LogP contribution is -2.24. The van der Waals surface area contributed by atoms with Crippen molar-refractivity contribution < 1.29 is 9.18 Å². The topological polar surface area (TPSA) is 46.9 Å². The van der Waals surface area contributed by atoms with Crippen LogP contribution in [0.1, 0.15) is 29.2 Å². The van der Waals surface area contributed by atoms with Gasteiger partial charge in [-0.25, -0.2) is 4.39 Å². The van der Waals surface area contributed by atoms with E-state index < -0.39 is 0 Å². The predicted molar refractivity (Wildman–Crippen MR) is 74.4 cm³/mol. The van der Waals surface area contributed by atoms with Crippen molar-refractivity contribution in [3.63, 3.8) is 0 Å². The number of rotatable bonds is 1. The van der Waals surface area contributed by atoms with E-state index in [4.69, 9.17) is 11.6 Å². The third-order valence-electron chi connectivity index (χ3n) is 3.60. The zero-order valence-corrected chi connectivity index (χ0v) is 11.8. The summed E-state index contributed by atoms with van der Waals surface area (Å²) < 4.78 is 14.8. The molecular weight excluding hydrogens is 281 g/mol. The molecule has 0 saturated carbocycles. The minimum absolute atomic E-state index is 0.0918. The van der Waals surface area contributed by atoms with E-state index in [-0.39, 0.29) is 24.1 Å². The van der Waals surface area contributed by atoms with Crippen LogP contribution in [0.25, 0.3) is 0 Å². The predicted octanol–water partition coefficient (Wildman–Crippen LogP) is 3.00. The van der Waals surface area contributed by atoms with Gasteiger partial charge < -0.3 is 5.32 Å². The fourth-order valence-corrected chi connectivity index (χ4v) is 3.06. The van der Waals surface area contributed by atoms with Crippen molar-refractivity contribution in [2.75, 3.05) is 5.32 Å². The number of nitrogens with one attached hydrogen (secondary N) is 1. The number of aromatic nitrogens is 2. The number of carbonyl (C=O) groups is 1. The van der Waals surface area contributed by atoms with E-state index in [1.54, 1.807) is 17.8 Å². The number of hydrogen-bond donors (Lipinski definition) is 1. The number of carbonyl (C=O) groups excluding carboxylic acids is 1. The Kier molecular flexibility index (Phi) is 3.01. The number of aryl methyl sites for hydroxylation is 2. The van der Waals surface area contributed by atoms with Gasteiger partial charge in [-0.05, 0) is 24.6 Å². The molecule has 0 saturated heterocycles. The maximum atomic E-state index is 13.2. The first-order valence-electron chi connectivity index (χ1n) is 6.25. The lowest BCUT2D eigenvalue weighted by molar-refractivity contribution is -0.116. The van der Waals surface area contributed by atoms with E-state index in [0.717, 1.165) is 16.8 Å². The standard InChI is InChI=1S/C14H13ClFN3O/c1-7-13-10(9-4-3-8(16)5-11(9)15)6-12(20)17-14(13)19(2)18-7/h3-5,10H,6H2,1-2H3,(H,17,20). The van der Waals surface area contributed by atoms with Crippen molar-refractivity contribution >= 4 is 23.3 Å². The molecule has 0 aliphatic carbocycles. The molecule has 4 nitrogen and oxygen atoms in total. The minimum Gasteiger partial charge on any atom is -0.311 e. The van der Waals surface area contributed by atoms with Crippen molar-refractivity contribution in [3.8, 4) is 0 Å². The zero-order chi connectivity index (χ0) is 14.4. The molecule has 1 unspecified atom stereocenters. The maximum Gasteiger partial charge on any atom is 0.226 e. The third kappa shape index (κ3) is 1.98. The monoisotopic (exact) mass is 293 g/mol. The second-order valence-corrected chi connectivity index (χ2v) is 5.35. The summed E-state index contributed by atoms with van der Waals surface area (Å²) in [6, 6.07) is 4.27. The summed E-state index contributed by atoms with van der Waals surface area (Å²) in [6.45, 7) is 1.89. The van der Waals surface area contributed by atoms with Gasteiger partial charge in [0.1, 0.15) is 11.6 Å². The number of fused-ring (bicyclic) bond motifs is 1. The average molecular weight is 294 g/mol. The molecule has 3 rings (SSSR count). The Morgan fingerprint density at radius 1 is 1.50 bits per heavy atom. The van der Waals surface area contributed by atoms with Gasteiger partial charge in [-0.3, -0.25) is 9.48 Å². The fraction of sp³-hybridized carbons (Fsp3) is 0.286. The summed E-state index contributed by atoms with van der Waals surface area (Å²) in [7, 11) is 1.78. The molecule has 0 spiro atoms. The van der Waals surface area contributed by atoms with Gasteiger partial charge in [0.25, 0.3) is 0 Å². The molecule has 1 aromatic carbocycles. The average Bonchev–Trinajstić information content (AvgIpc) is 2.64. The Bertz CT molecular complexity index is 711. The lowest BCUT2D eigenvalue weighted by Gasteiger charge is -2.24. The van der Waals surface area contributed by atoms with Crippen LogP contribution < -0.4 is 5.32 Å². The van der Waals surface area contributed by atoms with Gasteiger partial charge in [0.05, 0.1) is 5.69 Å². The van der Waals surface area contributed by atoms with Crippen molar-refractivity contribution in [2.45, 2.75) is 19.3 Å². The highest BCUT2D eigenvalue weighted by atomic mass is 35.5. The van der Waals surface area contributed by atoms with Crippen LogP contribution in [0.2, 0.25) is 5.02 Å². The highest BCUT2D eigenvalue weighted by Crippen LogP contribution is 2.41. The third-order valence-corrected chi connectivity index (χ3v) is 3.93. The number of benzene rings is 1. The second-order valence-electron chi connectivity index (χ2n) is 4.94. The van der Waals surface area contributed by atoms with E-state index in [1.807, 2.05) is 6.92 Å². The quantitative estimate of drug-likeness (QED) is 0.878. The van der Waals surface area contributed by atoms with Gasteiger partial charge in [-0.2, -0.15) is 5.10 Å². The number of anilines is 1. The smallest absolute Gasteiger partial charge is 0.226 e. The number of amides is 1. The highest BCUT2D eigenvalue weighted by molar-refractivity contribution is 6.31. The van der Waals surface area contributed by atoms with Gasteiger partial charge in [-0.1, -0.05) is 17.7 Å². The number of halogens is 2. The lowest BCUT2D eigenvalue weighted by atomic mass is 9.86. The molecule has 104 valence electrons. The van der Waals surface area contributed by atoms with Crippen LogP contribution in [-0.2, 0) is 11.8 Å². The Labute approximate surface area is 120 Å². The van der Waals surface area contributed by atoms with Crippen LogP contribution >= 0.6 is 11.6 Å². The largest absolute Gasteiger partial charge is 0.311 e. The van der Waals surface area contributed by atoms with Crippen LogP contribution in [0.4, 0.5) is 10.2 Å². The van der Waals surface area contributed by atoms with E-state index in [2.05, 4.69) is 10.4 Å². The molecule has 0 fully saturated rings. The van der Waals surface area contributed by atoms with Gasteiger partial charge in [-0.15, -0.1) is 0 Å². The summed E-state index contributed by atoms with van der Waals surface area (Å²) in [5.41, 5.74) is 2.54. The zero-order valence-electron chi connectivity index (χ0n) is 11.1. The Morgan fingerprint density at radius 3 is 2.95 bits per heavy atom. The summed E-state index contributed by atoms with van der Waals surface area (Å²) in [5, 5.41) is 7.49. The summed E-state index contributed by atoms with van der Waals surface area (Å²) >= 11 is 6.14. The normalized spacial score (nSPS) is 17.8. The molecule has 0 bridgehead atoms. The first kappa shape index (κ1) is 13.1. The molecule has 6 heteroatoms. The van der Waals surface area contributed by atoms with Gasteiger partial charge in [0, 0.05) is 30.0 Å². The van der Waals surface area contributed by atoms with E-state index >= 15 is 0 Å². The molecule has 1 atom stereocenters. The van der Waals surface area contributed by atoms with E-state index in [1.165, 1.54) is 12.1 Å². The first-order valence-corrected chi connectivity index (χ1v) is 6.63. The molecule has 20 heavy (non-hydrogen) atoms. The first-order chi connectivity index (χ1) is 9.47. The molecule has 0 radical (unpaired) electrons. The van der Waals surface area contributed by atoms with Crippen LogP contribution in [0.3, 0.4) is 0 Å². The van der Waals surface area contributed by atoms with Crippen molar-refractivity contribution in [1.82, 2.24) is 9.78 Å². The highest BCUT2D eigenvalue weighted by Gasteiger charge is 2.32. The van der Waals surface area contributed by atoms with Gasteiger partial charge in [0.15, 0.2) is 0 Å². The Hall–Kier alpha value is -1.88. The molecule has 2 aromatic rings. The van der Waals surface area contributed by atoms with Gasteiger partial charge >= 0.3 is 0 Å². The van der Waals surface area contributed by atoms with Crippen LogP contribution in [0.5, 0.6) is 0 Å². The number of hydrogen-bond acceptors (Lipinski definition) is 2. The van der Waals surface area contributed by atoms with Crippen molar-refractivity contribution in [2.24, 2.45) is 7.05 Å². The summed E-state index contributed by atoms with van der Waals surface area (Å²) in [4.78, 5) is 11.9. The van der Waals surface area contributed by atoms with Crippen molar-refractivity contribution in [1.29, 1.82) is 0 Å². The molecule has 1 amide bonds. The molecule has 1 aliphatic rings. The van der Waals surface area contributed by atoms with Crippen LogP contribution in [0.15, 0.2) is 18.2 Å². The SMILES string of the molecule is Cc1nn(C)c2c1C(c1ccc(F)cc1Cl)CC(=O)N2. The second kappa shape index (κ2) is 4.59. The molecule has 1 aromatic heterocycles. The Morgan fingerprint density at radius 2 is 2.25 bits per heavy atom. The summed E-state index contributed by atoms with van der Waals surface area (Å²) in [5.74, 6) is 0.0118. The van der Waals surface area contributed by atoms with Crippen molar-refractivity contribution in [3.05, 3.63) is 45.9 Å².